The average molecular weight is 498 g/mol. The Morgan fingerprint density at radius 3 is 2.87 bits per heavy atom. The van der Waals surface area contributed by atoms with Crippen LogP contribution in [-0.4, -0.2) is 54.1 Å². The topological polar surface area (TPSA) is 149 Å². The van der Waals surface area contributed by atoms with Crippen molar-refractivity contribution in [3.8, 4) is 5.82 Å². The molecule has 11 nitrogen and oxygen atoms in total. The fraction of sp³-hybridized carbons (Fsp3) is 0.188. The Morgan fingerprint density at radius 2 is 2.19 bits per heavy atom. The van der Waals surface area contributed by atoms with E-state index in [9.17, 15) is 4.79 Å². The minimum absolute atomic E-state index is 0.0158. The number of aromatic nitrogens is 5. The molecule has 4 rings (SSSR count). The highest BCUT2D eigenvalue weighted by Crippen LogP contribution is 2.27. The molecular weight excluding hydrogens is 485 g/mol. The van der Waals surface area contributed by atoms with Crippen LogP contribution in [0.1, 0.15) is 21.7 Å². The Bertz CT molecular complexity index is 1160. The molecule has 0 unspecified atom stereocenters. The van der Waals surface area contributed by atoms with E-state index in [-0.39, 0.29) is 17.3 Å². The molecule has 0 aliphatic carbocycles. The molecule has 0 saturated heterocycles. The summed E-state index contributed by atoms with van der Waals surface area (Å²) in [6.07, 6.45) is 1.35. The zero-order valence-electron chi connectivity index (χ0n) is 15.5. The van der Waals surface area contributed by atoms with Crippen LogP contribution < -0.4 is 11.2 Å². The third kappa shape index (κ3) is 4.84. The van der Waals surface area contributed by atoms with Gasteiger partial charge in [0.1, 0.15) is 4.38 Å². The van der Waals surface area contributed by atoms with E-state index in [1.807, 2.05) is 0 Å². The molecule has 15 heteroatoms. The van der Waals surface area contributed by atoms with Gasteiger partial charge in [0.25, 0.3) is 5.91 Å². The third-order valence-corrected chi connectivity index (χ3v) is 6.85. The largest absolute Gasteiger partial charge is 0.378 e. The van der Waals surface area contributed by atoms with Crippen LogP contribution in [0.4, 0.5) is 5.82 Å². The first-order valence-corrected chi connectivity index (χ1v) is 11.4. The fourth-order valence-electron chi connectivity index (χ4n) is 2.49. The number of benzene rings is 1. The Hall–Kier alpha value is -2.61. The van der Waals surface area contributed by atoms with Gasteiger partial charge in [0, 0.05) is 17.1 Å². The second kappa shape index (κ2) is 9.68. The lowest BCUT2D eigenvalue weighted by atomic mass is 10.2. The van der Waals surface area contributed by atoms with Gasteiger partial charge in [-0.05, 0) is 22.4 Å². The first kappa shape index (κ1) is 21.6. The van der Waals surface area contributed by atoms with Gasteiger partial charge in [-0.3, -0.25) is 9.79 Å². The number of carbonyl (C=O) groups excluding carboxylic acids is 1. The van der Waals surface area contributed by atoms with Crippen LogP contribution in [0.15, 0.2) is 32.9 Å². The van der Waals surface area contributed by atoms with Gasteiger partial charge in [0.2, 0.25) is 11.6 Å². The van der Waals surface area contributed by atoms with Gasteiger partial charge in [0.15, 0.2) is 5.69 Å². The third-order valence-electron chi connectivity index (χ3n) is 3.92. The van der Waals surface area contributed by atoms with E-state index in [0.29, 0.717) is 27.1 Å². The summed E-state index contributed by atoms with van der Waals surface area (Å²) in [7, 11) is 0. The molecular formula is C16H13Cl2N9O2S2. The number of aliphatic imine (C=N–C) groups is 1. The molecule has 1 aliphatic rings. The number of hydrogen-bond acceptors (Lipinski definition) is 11. The SMILES string of the molecule is Nc1nonc1-n1nnc(C(=O)N/N=C\c2c(Cl)cccc2Cl)c1CSC1=NCCS1. The molecule has 0 atom stereocenters. The Labute approximate surface area is 193 Å². The second-order valence-electron chi connectivity index (χ2n) is 5.89. The zero-order valence-corrected chi connectivity index (χ0v) is 18.7. The number of halogens is 2. The first-order chi connectivity index (χ1) is 15.0. The summed E-state index contributed by atoms with van der Waals surface area (Å²) < 4.78 is 6.86. The summed E-state index contributed by atoms with van der Waals surface area (Å²) in [5.41, 5.74) is 9.14. The summed E-state index contributed by atoms with van der Waals surface area (Å²) in [6.45, 7) is 0.761. The Kier molecular flexibility index (Phi) is 6.75. The molecule has 2 aromatic heterocycles. The number of carbonyl (C=O) groups is 1. The van der Waals surface area contributed by atoms with Crippen LogP contribution in [0.25, 0.3) is 5.82 Å². The molecule has 1 aliphatic heterocycles. The van der Waals surface area contributed by atoms with E-state index in [2.05, 4.69) is 40.8 Å². The maximum Gasteiger partial charge on any atom is 0.293 e. The van der Waals surface area contributed by atoms with Gasteiger partial charge in [-0.25, -0.2) is 10.1 Å². The predicted octanol–water partition coefficient (Wildman–Crippen LogP) is 2.64. The molecule has 0 saturated carbocycles. The van der Waals surface area contributed by atoms with Crippen molar-refractivity contribution in [2.24, 2.45) is 10.1 Å². The number of nitrogens with zero attached hydrogens (tertiary/aromatic N) is 7. The summed E-state index contributed by atoms with van der Waals surface area (Å²) in [6, 6.07) is 5.04. The van der Waals surface area contributed by atoms with Crippen molar-refractivity contribution in [1.82, 2.24) is 30.7 Å². The molecule has 0 spiro atoms. The molecule has 0 radical (unpaired) electrons. The molecule has 160 valence electrons. The maximum atomic E-state index is 12.7. The highest BCUT2D eigenvalue weighted by molar-refractivity contribution is 8.38. The van der Waals surface area contributed by atoms with E-state index in [0.717, 1.165) is 16.7 Å². The van der Waals surface area contributed by atoms with Crippen LogP contribution in [0, 0.1) is 0 Å². The van der Waals surface area contributed by atoms with Crippen LogP contribution in [0.2, 0.25) is 10.0 Å². The molecule has 31 heavy (non-hydrogen) atoms. The van der Waals surface area contributed by atoms with Crippen molar-refractivity contribution in [3.05, 3.63) is 45.2 Å². The number of hydrazone groups is 1. The molecule has 0 fully saturated rings. The number of hydrogen-bond donors (Lipinski definition) is 2. The van der Waals surface area contributed by atoms with Crippen LogP contribution in [-0.2, 0) is 5.75 Å². The monoisotopic (exact) mass is 497 g/mol. The second-order valence-corrected chi connectivity index (χ2v) is 9.01. The predicted molar refractivity (Wildman–Crippen MR) is 121 cm³/mol. The van der Waals surface area contributed by atoms with Crippen molar-refractivity contribution >= 4 is 69.0 Å². The molecule has 1 aromatic carbocycles. The minimum atomic E-state index is -0.586. The number of nitrogens with two attached hydrogens (primary N) is 1. The Balaban J connectivity index is 1.57. The highest BCUT2D eigenvalue weighted by Gasteiger charge is 2.24. The quantitative estimate of drug-likeness (QED) is 0.386. The maximum absolute atomic E-state index is 12.7. The zero-order chi connectivity index (χ0) is 21.8. The van der Waals surface area contributed by atoms with Crippen molar-refractivity contribution in [2.75, 3.05) is 18.0 Å². The summed E-state index contributed by atoms with van der Waals surface area (Å²) in [5.74, 6) is 0.828. The first-order valence-electron chi connectivity index (χ1n) is 8.65. The number of nitrogen functional groups attached to an aromatic ring is 1. The van der Waals surface area contributed by atoms with Crippen molar-refractivity contribution < 1.29 is 9.42 Å². The van der Waals surface area contributed by atoms with Crippen molar-refractivity contribution in [1.29, 1.82) is 0 Å². The molecule has 3 N–H and O–H groups in total. The summed E-state index contributed by atoms with van der Waals surface area (Å²) in [4.78, 5) is 17.1. The Morgan fingerprint density at radius 1 is 1.39 bits per heavy atom. The van der Waals surface area contributed by atoms with Gasteiger partial charge < -0.3 is 5.73 Å². The summed E-state index contributed by atoms with van der Waals surface area (Å²) in [5, 5.41) is 20.0. The van der Waals surface area contributed by atoms with Crippen molar-refractivity contribution in [2.45, 2.75) is 5.75 Å². The van der Waals surface area contributed by atoms with Crippen LogP contribution >= 0.6 is 46.7 Å². The lowest BCUT2D eigenvalue weighted by Crippen LogP contribution is -2.20. The number of nitrogens with one attached hydrogen (secondary N) is 1. The minimum Gasteiger partial charge on any atom is -0.378 e. The van der Waals surface area contributed by atoms with Gasteiger partial charge in [0.05, 0.1) is 28.5 Å². The van der Waals surface area contributed by atoms with E-state index in [4.69, 9.17) is 28.9 Å². The molecule has 3 aromatic rings. The van der Waals surface area contributed by atoms with Crippen LogP contribution in [0.3, 0.4) is 0 Å². The van der Waals surface area contributed by atoms with E-state index in [1.165, 1.54) is 22.7 Å². The van der Waals surface area contributed by atoms with E-state index in [1.54, 1.807) is 30.0 Å². The number of anilines is 1. The number of amides is 1. The lowest BCUT2D eigenvalue weighted by molar-refractivity contribution is 0.0949. The van der Waals surface area contributed by atoms with E-state index < -0.39 is 5.91 Å². The fourth-order valence-corrected chi connectivity index (χ4v) is 4.99. The van der Waals surface area contributed by atoms with Crippen molar-refractivity contribution in [3.63, 3.8) is 0 Å². The average Bonchev–Trinajstić information content (AvgIpc) is 3.49. The molecule has 0 bridgehead atoms. The molecule has 1 amide bonds. The van der Waals surface area contributed by atoms with Crippen LogP contribution in [0.5, 0.6) is 0 Å². The smallest absolute Gasteiger partial charge is 0.293 e. The highest BCUT2D eigenvalue weighted by atomic mass is 35.5. The molecule has 3 heterocycles. The number of rotatable bonds is 6. The number of thioether (sulfide) groups is 2. The summed E-state index contributed by atoms with van der Waals surface area (Å²) >= 11 is 15.3. The van der Waals surface area contributed by atoms with Gasteiger partial charge in [-0.1, -0.05) is 58.0 Å². The normalized spacial score (nSPS) is 13.7. The standard InChI is InChI=1S/C16H13Cl2N9O2S2/c17-9-2-1-3-10(18)8(9)6-21-23-15(28)12-11(7-31-16-20-4-5-30-16)27(26-22-12)14-13(19)24-29-25-14/h1-3,6H,4-5,7H2,(H2,19,24)(H,23,28)/b21-6-. The van der Waals surface area contributed by atoms with Gasteiger partial charge >= 0.3 is 0 Å². The van der Waals surface area contributed by atoms with E-state index >= 15 is 0 Å². The van der Waals surface area contributed by atoms with Gasteiger partial charge in [-0.15, -0.1) is 5.10 Å². The van der Waals surface area contributed by atoms with Gasteiger partial charge in [-0.2, -0.15) is 9.78 Å². The lowest BCUT2D eigenvalue weighted by Gasteiger charge is -2.05.